The standard InChI is InChI=1S/C7H14N2O3/c1-11-9-7(10)4-6-5-8-2-3-12-6/h6,8H,2-5H2,1H3,(H,9,10). The largest absolute Gasteiger partial charge is 0.375 e. The Labute approximate surface area is 71.4 Å². The lowest BCUT2D eigenvalue weighted by Crippen LogP contribution is -2.41. The van der Waals surface area contributed by atoms with Crippen molar-refractivity contribution in [2.45, 2.75) is 12.5 Å². The van der Waals surface area contributed by atoms with E-state index in [2.05, 4.69) is 15.6 Å². The van der Waals surface area contributed by atoms with Gasteiger partial charge in [-0.2, -0.15) is 0 Å². The van der Waals surface area contributed by atoms with Crippen molar-refractivity contribution >= 4 is 5.91 Å². The maximum atomic E-state index is 11.0. The third kappa shape index (κ3) is 3.17. The molecule has 1 heterocycles. The van der Waals surface area contributed by atoms with Gasteiger partial charge in [-0.25, -0.2) is 5.48 Å². The van der Waals surface area contributed by atoms with Crippen LogP contribution in [0.2, 0.25) is 0 Å². The van der Waals surface area contributed by atoms with E-state index in [-0.39, 0.29) is 12.0 Å². The third-order valence-corrected chi connectivity index (χ3v) is 1.63. The fourth-order valence-corrected chi connectivity index (χ4v) is 1.11. The highest BCUT2D eigenvalue weighted by atomic mass is 16.6. The average Bonchev–Trinajstić information content (AvgIpc) is 2.06. The number of carbonyl (C=O) groups is 1. The van der Waals surface area contributed by atoms with Crippen LogP contribution in [-0.2, 0) is 14.4 Å². The fraction of sp³-hybridized carbons (Fsp3) is 0.857. The monoisotopic (exact) mass is 174 g/mol. The Morgan fingerprint density at radius 2 is 2.67 bits per heavy atom. The van der Waals surface area contributed by atoms with Crippen LogP contribution in [0, 0.1) is 0 Å². The molecule has 0 aliphatic carbocycles. The first-order valence-electron chi connectivity index (χ1n) is 3.97. The van der Waals surface area contributed by atoms with E-state index in [1.165, 1.54) is 7.11 Å². The van der Waals surface area contributed by atoms with Gasteiger partial charge in [0, 0.05) is 13.1 Å². The van der Waals surface area contributed by atoms with Crippen molar-refractivity contribution in [2.24, 2.45) is 0 Å². The first-order valence-corrected chi connectivity index (χ1v) is 3.97. The molecule has 1 unspecified atom stereocenters. The normalized spacial score (nSPS) is 23.6. The van der Waals surface area contributed by atoms with Gasteiger partial charge in [0.25, 0.3) is 0 Å². The molecule has 12 heavy (non-hydrogen) atoms. The summed E-state index contributed by atoms with van der Waals surface area (Å²) in [4.78, 5) is 15.4. The zero-order valence-electron chi connectivity index (χ0n) is 7.13. The molecule has 1 aliphatic rings. The highest BCUT2D eigenvalue weighted by molar-refractivity contribution is 5.75. The molecular formula is C7H14N2O3. The van der Waals surface area contributed by atoms with E-state index in [4.69, 9.17) is 4.74 Å². The number of hydrogen-bond acceptors (Lipinski definition) is 4. The Hall–Kier alpha value is -0.650. The molecule has 0 spiro atoms. The van der Waals surface area contributed by atoms with E-state index in [1.54, 1.807) is 0 Å². The quantitative estimate of drug-likeness (QED) is 0.541. The summed E-state index contributed by atoms with van der Waals surface area (Å²) in [6.07, 6.45) is 0.329. The summed E-state index contributed by atoms with van der Waals surface area (Å²) in [5, 5.41) is 3.14. The second-order valence-corrected chi connectivity index (χ2v) is 2.63. The summed E-state index contributed by atoms with van der Waals surface area (Å²) >= 11 is 0. The van der Waals surface area contributed by atoms with Crippen LogP contribution in [0.15, 0.2) is 0 Å². The Kier molecular flexibility index (Phi) is 3.99. The van der Waals surface area contributed by atoms with Crippen LogP contribution < -0.4 is 10.8 Å². The minimum Gasteiger partial charge on any atom is -0.375 e. The number of nitrogens with one attached hydrogen (secondary N) is 2. The van der Waals surface area contributed by atoms with Gasteiger partial charge < -0.3 is 10.1 Å². The Morgan fingerprint density at radius 1 is 1.83 bits per heavy atom. The van der Waals surface area contributed by atoms with Gasteiger partial charge in [-0.15, -0.1) is 0 Å². The molecule has 1 aliphatic heterocycles. The third-order valence-electron chi connectivity index (χ3n) is 1.63. The molecule has 1 amide bonds. The zero-order valence-corrected chi connectivity index (χ0v) is 7.13. The highest BCUT2D eigenvalue weighted by Crippen LogP contribution is 2.00. The number of hydrogen-bond donors (Lipinski definition) is 2. The van der Waals surface area contributed by atoms with E-state index >= 15 is 0 Å². The van der Waals surface area contributed by atoms with Gasteiger partial charge in [0.15, 0.2) is 0 Å². The summed E-state index contributed by atoms with van der Waals surface area (Å²) in [5.41, 5.74) is 2.25. The Morgan fingerprint density at radius 3 is 3.25 bits per heavy atom. The number of carbonyl (C=O) groups excluding carboxylic acids is 1. The smallest absolute Gasteiger partial charge is 0.246 e. The minimum absolute atomic E-state index is 0.0195. The SMILES string of the molecule is CONC(=O)CC1CNCCO1. The minimum atomic E-state index is -0.147. The Balaban J connectivity index is 2.15. The van der Waals surface area contributed by atoms with E-state index < -0.39 is 0 Å². The van der Waals surface area contributed by atoms with Gasteiger partial charge in [0.1, 0.15) is 0 Å². The van der Waals surface area contributed by atoms with Gasteiger partial charge >= 0.3 is 0 Å². The van der Waals surface area contributed by atoms with Crippen LogP contribution in [0.5, 0.6) is 0 Å². The first-order chi connectivity index (χ1) is 5.83. The molecule has 5 heteroatoms. The topological polar surface area (TPSA) is 59.6 Å². The lowest BCUT2D eigenvalue weighted by molar-refractivity contribution is -0.134. The molecule has 0 aromatic carbocycles. The summed E-state index contributed by atoms with van der Waals surface area (Å²) in [6, 6.07) is 0. The van der Waals surface area contributed by atoms with Crippen LogP contribution >= 0.6 is 0 Å². The summed E-state index contributed by atoms with van der Waals surface area (Å²) in [6.45, 7) is 2.27. The molecule has 1 saturated heterocycles. The lowest BCUT2D eigenvalue weighted by atomic mass is 10.2. The molecule has 0 saturated carbocycles. The molecule has 0 aromatic rings. The molecule has 2 N–H and O–H groups in total. The maximum Gasteiger partial charge on any atom is 0.246 e. The van der Waals surface area contributed by atoms with Crippen LogP contribution in [0.25, 0.3) is 0 Å². The highest BCUT2D eigenvalue weighted by Gasteiger charge is 2.16. The zero-order chi connectivity index (χ0) is 8.81. The van der Waals surface area contributed by atoms with Crippen molar-refractivity contribution in [3.05, 3.63) is 0 Å². The van der Waals surface area contributed by atoms with E-state index in [1.807, 2.05) is 0 Å². The fourth-order valence-electron chi connectivity index (χ4n) is 1.11. The second-order valence-electron chi connectivity index (χ2n) is 2.63. The summed E-state index contributed by atoms with van der Waals surface area (Å²) < 4.78 is 5.32. The van der Waals surface area contributed by atoms with Crippen molar-refractivity contribution in [3.63, 3.8) is 0 Å². The number of amides is 1. The van der Waals surface area contributed by atoms with Gasteiger partial charge in [0.2, 0.25) is 5.91 Å². The van der Waals surface area contributed by atoms with Gasteiger partial charge in [0.05, 0.1) is 26.2 Å². The predicted molar refractivity (Wildman–Crippen MR) is 42.4 cm³/mol. The van der Waals surface area contributed by atoms with Gasteiger partial charge in [-0.1, -0.05) is 0 Å². The molecule has 0 radical (unpaired) electrons. The van der Waals surface area contributed by atoms with Crippen LogP contribution in [0.1, 0.15) is 6.42 Å². The summed E-state index contributed by atoms with van der Waals surface area (Å²) in [7, 11) is 1.41. The molecule has 1 rings (SSSR count). The molecule has 1 atom stereocenters. The molecule has 0 bridgehead atoms. The Bertz CT molecular complexity index is 146. The van der Waals surface area contributed by atoms with E-state index in [0.717, 1.165) is 13.1 Å². The second kappa shape index (κ2) is 5.08. The number of morpholine rings is 1. The number of rotatable bonds is 3. The molecule has 1 fully saturated rings. The molecular weight excluding hydrogens is 160 g/mol. The lowest BCUT2D eigenvalue weighted by Gasteiger charge is -2.22. The summed E-state index contributed by atoms with van der Waals surface area (Å²) in [5.74, 6) is -0.147. The van der Waals surface area contributed by atoms with Crippen LogP contribution in [-0.4, -0.2) is 38.8 Å². The van der Waals surface area contributed by atoms with Crippen molar-refractivity contribution in [1.29, 1.82) is 0 Å². The van der Waals surface area contributed by atoms with Gasteiger partial charge in [-0.05, 0) is 0 Å². The van der Waals surface area contributed by atoms with Crippen molar-refractivity contribution < 1.29 is 14.4 Å². The number of ether oxygens (including phenoxy) is 1. The first kappa shape index (κ1) is 9.44. The van der Waals surface area contributed by atoms with Crippen molar-refractivity contribution in [2.75, 3.05) is 26.8 Å². The van der Waals surface area contributed by atoms with E-state index in [0.29, 0.717) is 13.0 Å². The maximum absolute atomic E-state index is 11.0. The van der Waals surface area contributed by atoms with Crippen molar-refractivity contribution in [1.82, 2.24) is 10.8 Å². The predicted octanol–water partition coefficient (Wildman–Crippen LogP) is -0.957. The molecule has 0 aromatic heterocycles. The average molecular weight is 174 g/mol. The molecule has 70 valence electrons. The molecule has 5 nitrogen and oxygen atoms in total. The van der Waals surface area contributed by atoms with Crippen molar-refractivity contribution in [3.8, 4) is 0 Å². The van der Waals surface area contributed by atoms with E-state index in [9.17, 15) is 4.79 Å². The van der Waals surface area contributed by atoms with Crippen LogP contribution in [0.4, 0.5) is 0 Å². The van der Waals surface area contributed by atoms with Crippen LogP contribution in [0.3, 0.4) is 0 Å². The van der Waals surface area contributed by atoms with Gasteiger partial charge in [-0.3, -0.25) is 9.63 Å². The number of hydroxylamine groups is 1.